The number of hydrogen-bond acceptors (Lipinski definition) is 3. The highest BCUT2D eigenvalue weighted by atomic mass is 16.5. The van der Waals surface area contributed by atoms with Crippen LogP contribution in [-0.4, -0.2) is 37.1 Å². The SMILES string of the molecule is CCN(CC)CCOC(=O)C1(c2ccccc2C)CCCC1. The van der Waals surface area contributed by atoms with Gasteiger partial charge in [-0.2, -0.15) is 0 Å². The van der Waals surface area contributed by atoms with Gasteiger partial charge in [-0.15, -0.1) is 0 Å². The number of carbonyl (C=O) groups is 1. The quantitative estimate of drug-likeness (QED) is 0.719. The summed E-state index contributed by atoms with van der Waals surface area (Å²) in [4.78, 5) is 15.1. The number of likely N-dealkylation sites (N-methyl/N-ethyl adjacent to an activating group) is 1. The Labute approximate surface area is 134 Å². The van der Waals surface area contributed by atoms with Crippen LogP contribution in [0.25, 0.3) is 0 Å². The molecule has 0 unspecified atom stereocenters. The predicted octanol–water partition coefficient (Wildman–Crippen LogP) is 3.69. The zero-order chi connectivity index (χ0) is 16.0. The Morgan fingerprint density at radius 2 is 1.82 bits per heavy atom. The Kier molecular flexibility index (Phi) is 6.01. The smallest absolute Gasteiger partial charge is 0.316 e. The summed E-state index contributed by atoms with van der Waals surface area (Å²) in [6, 6.07) is 8.27. The summed E-state index contributed by atoms with van der Waals surface area (Å²) in [6.45, 7) is 9.68. The zero-order valence-corrected chi connectivity index (χ0v) is 14.2. The number of rotatable bonds is 7. The van der Waals surface area contributed by atoms with Crippen LogP contribution >= 0.6 is 0 Å². The minimum absolute atomic E-state index is 0.0218. The summed E-state index contributed by atoms with van der Waals surface area (Å²) in [7, 11) is 0. The molecular formula is C19H29NO2. The second kappa shape index (κ2) is 7.77. The van der Waals surface area contributed by atoms with Gasteiger partial charge in [0, 0.05) is 6.54 Å². The third-order valence-electron chi connectivity index (χ3n) is 5.04. The fourth-order valence-electron chi connectivity index (χ4n) is 3.62. The second-order valence-corrected chi connectivity index (χ2v) is 6.27. The van der Waals surface area contributed by atoms with Crippen molar-refractivity contribution in [3.63, 3.8) is 0 Å². The van der Waals surface area contributed by atoms with Crippen LogP contribution in [0.3, 0.4) is 0 Å². The van der Waals surface area contributed by atoms with Crippen LogP contribution in [0.2, 0.25) is 0 Å². The molecule has 0 atom stereocenters. The van der Waals surface area contributed by atoms with Crippen molar-refractivity contribution in [2.75, 3.05) is 26.2 Å². The topological polar surface area (TPSA) is 29.5 Å². The van der Waals surface area contributed by atoms with Crippen molar-refractivity contribution >= 4 is 5.97 Å². The van der Waals surface area contributed by atoms with Crippen molar-refractivity contribution < 1.29 is 9.53 Å². The molecule has 0 aromatic heterocycles. The van der Waals surface area contributed by atoms with E-state index in [9.17, 15) is 4.79 Å². The van der Waals surface area contributed by atoms with Gasteiger partial charge in [-0.05, 0) is 44.0 Å². The molecule has 0 radical (unpaired) electrons. The van der Waals surface area contributed by atoms with Crippen molar-refractivity contribution in [1.82, 2.24) is 4.90 Å². The fourth-order valence-corrected chi connectivity index (χ4v) is 3.62. The predicted molar refractivity (Wildman–Crippen MR) is 90.1 cm³/mol. The van der Waals surface area contributed by atoms with Gasteiger partial charge in [0.1, 0.15) is 6.61 Å². The Morgan fingerprint density at radius 3 is 2.41 bits per heavy atom. The summed E-state index contributed by atoms with van der Waals surface area (Å²) in [5.74, 6) is -0.0218. The molecule has 0 amide bonds. The van der Waals surface area contributed by atoms with E-state index in [-0.39, 0.29) is 5.97 Å². The first-order valence-electron chi connectivity index (χ1n) is 8.59. The molecule has 0 N–H and O–H groups in total. The molecule has 3 nitrogen and oxygen atoms in total. The van der Waals surface area contributed by atoms with Gasteiger partial charge in [0.2, 0.25) is 0 Å². The van der Waals surface area contributed by atoms with Gasteiger partial charge in [-0.3, -0.25) is 4.79 Å². The number of nitrogens with zero attached hydrogens (tertiary/aromatic N) is 1. The lowest BCUT2D eigenvalue weighted by atomic mass is 9.77. The van der Waals surface area contributed by atoms with Gasteiger partial charge in [0.25, 0.3) is 0 Å². The molecule has 0 saturated heterocycles. The molecule has 0 spiro atoms. The highest BCUT2D eigenvalue weighted by Crippen LogP contribution is 2.43. The minimum atomic E-state index is -0.408. The third kappa shape index (κ3) is 3.52. The van der Waals surface area contributed by atoms with Gasteiger partial charge < -0.3 is 9.64 Å². The van der Waals surface area contributed by atoms with E-state index in [1.165, 1.54) is 11.1 Å². The molecule has 122 valence electrons. The minimum Gasteiger partial charge on any atom is -0.464 e. The van der Waals surface area contributed by atoms with Gasteiger partial charge in [0.15, 0.2) is 0 Å². The van der Waals surface area contributed by atoms with E-state index in [0.717, 1.165) is 45.3 Å². The normalized spacial score (nSPS) is 16.9. The van der Waals surface area contributed by atoms with E-state index < -0.39 is 5.41 Å². The molecule has 0 aliphatic heterocycles. The van der Waals surface area contributed by atoms with E-state index in [1.54, 1.807) is 0 Å². The van der Waals surface area contributed by atoms with E-state index in [2.05, 4.69) is 37.8 Å². The largest absolute Gasteiger partial charge is 0.464 e. The van der Waals surface area contributed by atoms with Crippen LogP contribution in [0.5, 0.6) is 0 Å². The molecule has 1 fully saturated rings. The van der Waals surface area contributed by atoms with Crippen LogP contribution in [0.15, 0.2) is 24.3 Å². The molecule has 1 saturated carbocycles. The maximum Gasteiger partial charge on any atom is 0.316 e. The standard InChI is InChI=1S/C19H29NO2/c1-4-20(5-2)14-15-22-18(21)19(12-8-9-13-19)17-11-7-6-10-16(17)3/h6-7,10-11H,4-5,8-9,12-15H2,1-3H3. The lowest BCUT2D eigenvalue weighted by Gasteiger charge is -2.29. The number of carbonyl (C=O) groups excluding carboxylic acids is 1. The zero-order valence-electron chi connectivity index (χ0n) is 14.2. The Balaban J connectivity index is 2.08. The van der Waals surface area contributed by atoms with E-state index in [0.29, 0.717) is 6.61 Å². The Bertz CT molecular complexity index is 488. The molecule has 22 heavy (non-hydrogen) atoms. The number of hydrogen-bond donors (Lipinski definition) is 0. The lowest BCUT2D eigenvalue weighted by molar-refractivity contribution is -0.151. The number of esters is 1. The molecule has 1 aliphatic carbocycles. The summed E-state index contributed by atoms with van der Waals surface area (Å²) in [5.41, 5.74) is 1.96. The molecular weight excluding hydrogens is 274 g/mol. The molecule has 3 heteroatoms. The summed E-state index contributed by atoms with van der Waals surface area (Å²) in [6.07, 6.45) is 4.06. The van der Waals surface area contributed by atoms with Gasteiger partial charge in [-0.25, -0.2) is 0 Å². The molecule has 1 aromatic rings. The highest BCUT2D eigenvalue weighted by Gasteiger charge is 2.44. The van der Waals surface area contributed by atoms with Crippen LogP contribution in [0.4, 0.5) is 0 Å². The van der Waals surface area contributed by atoms with Crippen molar-refractivity contribution in [3.05, 3.63) is 35.4 Å². The van der Waals surface area contributed by atoms with Crippen LogP contribution in [-0.2, 0) is 14.9 Å². The monoisotopic (exact) mass is 303 g/mol. The van der Waals surface area contributed by atoms with E-state index >= 15 is 0 Å². The van der Waals surface area contributed by atoms with Crippen molar-refractivity contribution in [2.45, 2.75) is 51.9 Å². The first-order valence-corrected chi connectivity index (χ1v) is 8.59. The number of benzene rings is 1. The second-order valence-electron chi connectivity index (χ2n) is 6.27. The molecule has 2 rings (SSSR count). The Hall–Kier alpha value is -1.35. The maximum atomic E-state index is 12.8. The fraction of sp³-hybridized carbons (Fsp3) is 0.632. The van der Waals surface area contributed by atoms with Crippen LogP contribution in [0, 0.1) is 6.92 Å². The van der Waals surface area contributed by atoms with Crippen molar-refractivity contribution in [1.29, 1.82) is 0 Å². The average molecular weight is 303 g/mol. The first kappa shape index (κ1) is 17.0. The molecule has 1 aromatic carbocycles. The molecule has 0 bridgehead atoms. The Morgan fingerprint density at radius 1 is 1.18 bits per heavy atom. The van der Waals surface area contributed by atoms with Crippen molar-refractivity contribution in [3.8, 4) is 0 Å². The van der Waals surface area contributed by atoms with Crippen LogP contribution in [0.1, 0.15) is 50.7 Å². The summed E-state index contributed by atoms with van der Waals surface area (Å²) >= 11 is 0. The third-order valence-corrected chi connectivity index (χ3v) is 5.04. The summed E-state index contributed by atoms with van der Waals surface area (Å²) < 4.78 is 5.69. The maximum absolute atomic E-state index is 12.8. The highest BCUT2D eigenvalue weighted by molar-refractivity contribution is 5.84. The van der Waals surface area contributed by atoms with Gasteiger partial charge in [-0.1, -0.05) is 51.0 Å². The number of aryl methyl sites for hydroxylation is 1. The summed E-state index contributed by atoms with van der Waals surface area (Å²) in [5, 5.41) is 0. The molecule has 1 aliphatic rings. The van der Waals surface area contributed by atoms with Gasteiger partial charge in [0.05, 0.1) is 5.41 Å². The van der Waals surface area contributed by atoms with Gasteiger partial charge >= 0.3 is 5.97 Å². The molecule has 0 heterocycles. The van der Waals surface area contributed by atoms with Crippen LogP contribution < -0.4 is 0 Å². The van der Waals surface area contributed by atoms with Crippen molar-refractivity contribution in [2.24, 2.45) is 0 Å². The lowest BCUT2D eigenvalue weighted by Crippen LogP contribution is -2.37. The van der Waals surface area contributed by atoms with E-state index in [4.69, 9.17) is 4.74 Å². The first-order chi connectivity index (χ1) is 10.6. The number of ether oxygens (including phenoxy) is 1. The average Bonchev–Trinajstić information content (AvgIpc) is 3.02. The van der Waals surface area contributed by atoms with E-state index in [1.807, 2.05) is 12.1 Å².